The van der Waals surface area contributed by atoms with Gasteiger partial charge in [-0.2, -0.15) is 0 Å². The molecule has 152 valence electrons. The molecule has 0 aliphatic carbocycles. The van der Waals surface area contributed by atoms with Crippen LogP contribution in [0.15, 0.2) is 40.5 Å². The summed E-state index contributed by atoms with van der Waals surface area (Å²) in [6.45, 7) is 4.12. The highest BCUT2D eigenvalue weighted by Gasteiger charge is 2.31. The first kappa shape index (κ1) is 19.6. The Morgan fingerprint density at radius 1 is 1.21 bits per heavy atom. The number of hydrogen-bond donors (Lipinski definition) is 1. The van der Waals surface area contributed by atoms with Gasteiger partial charge in [0.1, 0.15) is 5.56 Å². The maximum atomic E-state index is 12.7. The van der Waals surface area contributed by atoms with Gasteiger partial charge in [0.25, 0.3) is 5.56 Å². The van der Waals surface area contributed by atoms with E-state index in [-0.39, 0.29) is 23.3 Å². The van der Waals surface area contributed by atoms with E-state index >= 15 is 0 Å². The summed E-state index contributed by atoms with van der Waals surface area (Å²) >= 11 is 1.56. The Balaban J connectivity index is 1.65. The molecule has 8 heteroatoms. The molecule has 1 aromatic carbocycles. The predicted molar refractivity (Wildman–Crippen MR) is 114 cm³/mol. The number of esters is 1. The van der Waals surface area contributed by atoms with Gasteiger partial charge in [0.05, 0.1) is 23.1 Å². The summed E-state index contributed by atoms with van der Waals surface area (Å²) in [4.78, 5) is 44.6. The number of pyridine rings is 1. The van der Waals surface area contributed by atoms with Gasteiger partial charge in [-0.05, 0) is 24.8 Å². The zero-order valence-corrected chi connectivity index (χ0v) is 17.0. The monoisotopic (exact) mass is 413 g/mol. The molecule has 29 heavy (non-hydrogen) atoms. The molecule has 0 spiro atoms. The summed E-state index contributed by atoms with van der Waals surface area (Å²) < 4.78 is 5.16. The van der Waals surface area contributed by atoms with Crippen molar-refractivity contribution in [1.29, 1.82) is 0 Å². The maximum Gasteiger partial charge on any atom is 0.345 e. The molecule has 2 aliphatic rings. The first-order valence-corrected chi connectivity index (χ1v) is 10.7. The first-order chi connectivity index (χ1) is 14.1. The second-order valence-corrected chi connectivity index (χ2v) is 8.10. The van der Waals surface area contributed by atoms with E-state index in [1.165, 1.54) is 0 Å². The molecule has 1 atom stereocenters. The second kappa shape index (κ2) is 8.32. The number of piperazine rings is 1. The summed E-state index contributed by atoms with van der Waals surface area (Å²) in [5, 5.41) is 2.75. The number of fused-ring (bicyclic) bond motifs is 1. The maximum absolute atomic E-state index is 12.7. The van der Waals surface area contributed by atoms with Gasteiger partial charge in [-0.15, -0.1) is 11.8 Å². The van der Waals surface area contributed by atoms with Gasteiger partial charge < -0.3 is 19.5 Å². The van der Waals surface area contributed by atoms with E-state index in [0.29, 0.717) is 37.4 Å². The van der Waals surface area contributed by atoms with Crippen molar-refractivity contribution in [3.05, 3.63) is 51.7 Å². The molecule has 0 saturated carbocycles. The van der Waals surface area contributed by atoms with E-state index in [2.05, 4.69) is 4.98 Å². The van der Waals surface area contributed by atoms with Crippen molar-refractivity contribution in [2.24, 2.45) is 0 Å². The van der Waals surface area contributed by atoms with Crippen molar-refractivity contribution in [1.82, 2.24) is 9.88 Å². The number of rotatable bonds is 4. The number of H-pyrrole nitrogens is 1. The van der Waals surface area contributed by atoms with E-state index in [4.69, 9.17) is 4.74 Å². The molecule has 2 aromatic rings. The molecule has 1 aromatic heterocycles. The standard InChI is InChI=1S/C21H23N3O4S/c1-2-28-21(27)17-18(14-6-3-4-7-15(14)22-19(17)25)23-9-11-24(12-10-23)20(26)16-8-5-13-29-16/h3-7,13,16H,2,8-12H2,1H3,(H,22,25). The van der Waals surface area contributed by atoms with E-state index in [0.717, 1.165) is 11.8 Å². The van der Waals surface area contributed by atoms with Gasteiger partial charge in [0.2, 0.25) is 5.91 Å². The number of nitrogens with one attached hydrogen (secondary N) is 1. The van der Waals surface area contributed by atoms with E-state index < -0.39 is 11.5 Å². The summed E-state index contributed by atoms with van der Waals surface area (Å²) in [5.74, 6) is -0.470. The van der Waals surface area contributed by atoms with Crippen LogP contribution in [0.4, 0.5) is 5.69 Å². The lowest BCUT2D eigenvalue weighted by atomic mass is 10.1. The summed E-state index contributed by atoms with van der Waals surface area (Å²) in [7, 11) is 0. The van der Waals surface area contributed by atoms with E-state index in [1.807, 2.05) is 45.5 Å². The van der Waals surface area contributed by atoms with Crippen molar-refractivity contribution in [2.75, 3.05) is 37.7 Å². The van der Waals surface area contributed by atoms with Gasteiger partial charge in [-0.25, -0.2) is 4.79 Å². The summed E-state index contributed by atoms with van der Waals surface area (Å²) in [5.41, 5.74) is 0.837. The number of aromatic amines is 1. The third-order valence-corrected chi connectivity index (χ3v) is 6.32. The van der Waals surface area contributed by atoms with Crippen LogP contribution in [0, 0.1) is 0 Å². The van der Waals surface area contributed by atoms with Crippen molar-refractivity contribution in [3.8, 4) is 0 Å². The number of nitrogens with zero attached hydrogens (tertiary/aromatic N) is 2. The molecule has 1 unspecified atom stereocenters. The Labute approximate surface area is 172 Å². The van der Waals surface area contributed by atoms with E-state index in [1.54, 1.807) is 18.7 Å². The van der Waals surface area contributed by atoms with Gasteiger partial charge in [-0.3, -0.25) is 9.59 Å². The number of ether oxygens (including phenoxy) is 1. The molecular formula is C21H23N3O4S. The number of carbonyl (C=O) groups excluding carboxylic acids is 2. The van der Waals surface area contributed by atoms with Crippen LogP contribution in [0.5, 0.6) is 0 Å². The van der Waals surface area contributed by atoms with Crippen LogP contribution in [0.1, 0.15) is 23.7 Å². The molecule has 2 aliphatic heterocycles. The average molecular weight is 413 g/mol. The highest BCUT2D eigenvalue weighted by molar-refractivity contribution is 8.03. The third-order valence-electron chi connectivity index (χ3n) is 5.25. The number of anilines is 1. The van der Waals surface area contributed by atoms with Crippen molar-refractivity contribution in [2.45, 2.75) is 18.6 Å². The van der Waals surface area contributed by atoms with Gasteiger partial charge in [-0.1, -0.05) is 24.3 Å². The lowest BCUT2D eigenvalue weighted by Gasteiger charge is -2.38. The number of aromatic nitrogens is 1. The highest BCUT2D eigenvalue weighted by Crippen LogP contribution is 2.30. The van der Waals surface area contributed by atoms with Crippen LogP contribution in [-0.4, -0.2) is 59.8 Å². The number of allylic oxidation sites excluding steroid dienone is 1. The molecular weight excluding hydrogens is 390 g/mol. The third kappa shape index (κ3) is 3.76. The van der Waals surface area contributed by atoms with Crippen LogP contribution < -0.4 is 10.5 Å². The molecule has 1 amide bonds. The van der Waals surface area contributed by atoms with Gasteiger partial charge >= 0.3 is 5.97 Å². The van der Waals surface area contributed by atoms with Gasteiger partial charge in [0, 0.05) is 31.6 Å². The van der Waals surface area contributed by atoms with Crippen molar-refractivity contribution in [3.63, 3.8) is 0 Å². The minimum Gasteiger partial charge on any atom is -0.462 e. The lowest BCUT2D eigenvalue weighted by Crippen LogP contribution is -2.51. The normalized spacial score (nSPS) is 19.0. The van der Waals surface area contributed by atoms with Crippen molar-refractivity contribution < 1.29 is 14.3 Å². The number of carbonyl (C=O) groups is 2. The molecule has 1 fully saturated rings. The lowest BCUT2D eigenvalue weighted by molar-refractivity contribution is -0.130. The highest BCUT2D eigenvalue weighted by atomic mass is 32.2. The number of amides is 1. The Bertz CT molecular complexity index is 1020. The number of hydrogen-bond acceptors (Lipinski definition) is 6. The zero-order valence-electron chi connectivity index (χ0n) is 16.2. The van der Waals surface area contributed by atoms with Crippen LogP contribution in [0.25, 0.3) is 10.9 Å². The molecule has 4 rings (SSSR count). The Morgan fingerprint density at radius 2 is 1.97 bits per heavy atom. The topological polar surface area (TPSA) is 82.7 Å². The predicted octanol–water partition coefficient (Wildman–Crippen LogP) is 2.37. The van der Waals surface area contributed by atoms with Crippen LogP contribution >= 0.6 is 11.8 Å². The average Bonchev–Trinajstić information content (AvgIpc) is 3.27. The molecule has 7 nitrogen and oxygen atoms in total. The minimum atomic E-state index is -0.624. The fraction of sp³-hybridized carbons (Fsp3) is 0.381. The number of benzene rings is 1. The molecule has 0 radical (unpaired) electrons. The van der Waals surface area contributed by atoms with Crippen molar-refractivity contribution >= 4 is 40.2 Å². The fourth-order valence-electron chi connectivity index (χ4n) is 3.84. The smallest absolute Gasteiger partial charge is 0.345 e. The molecule has 0 bridgehead atoms. The Kier molecular flexibility index (Phi) is 5.62. The van der Waals surface area contributed by atoms with Crippen LogP contribution in [0.3, 0.4) is 0 Å². The summed E-state index contributed by atoms with van der Waals surface area (Å²) in [6.07, 6.45) is 2.80. The second-order valence-electron chi connectivity index (χ2n) is 6.99. The first-order valence-electron chi connectivity index (χ1n) is 9.76. The quantitative estimate of drug-likeness (QED) is 0.775. The van der Waals surface area contributed by atoms with Crippen LogP contribution in [0.2, 0.25) is 0 Å². The Hall–Kier alpha value is -2.74. The molecule has 3 heterocycles. The summed E-state index contributed by atoms with van der Waals surface area (Å²) in [6, 6.07) is 7.43. The van der Waals surface area contributed by atoms with Crippen LogP contribution in [-0.2, 0) is 9.53 Å². The molecule has 1 N–H and O–H groups in total. The SMILES string of the molecule is CCOC(=O)c1c(N2CCN(C(=O)C3CC=CS3)CC2)c2ccccc2[nH]c1=O. The fourth-order valence-corrected chi connectivity index (χ4v) is 4.74. The minimum absolute atomic E-state index is 0.0286. The Morgan fingerprint density at radius 3 is 2.66 bits per heavy atom. The zero-order chi connectivity index (χ0) is 20.4. The largest absolute Gasteiger partial charge is 0.462 e. The number of thioether (sulfide) groups is 1. The molecule has 1 saturated heterocycles. The van der Waals surface area contributed by atoms with E-state index in [9.17, 15) is 14.4 Å². The van der Waals surface area contributed by atoms with Gasteiger partial charge in [0.15, 0.2) is 0 Å². The number of para-hydroxylation sites is 1.